The number of thioether (sulfide) groups is 1. The van der Waals surface area contributed by atoms with E-state index in [2.05, 4.69) is 35.3 Å². The van der Waals surface area contributed by atoms with Crippen molar-refractivity contribution in [3.63, 3.8) is 0 Å². The van der Waals surface area contributed by atoms with E-state index in [4.69, 9.17) is 0 Å². The predicted molar refractivity (Wildman–Crippen MR) is 90.4 cm³/mol. The van der Waals surface area contributed by atoms with Gasteiger partial charge in [0.25, 0.3) is 0 Å². The van der Waals surface area contributed by atoms with Gasteiger partial charge in [-0.1, -0.05) is 48.5 Å². The van der Waals surface area contributed by atoms with Crippen molar-refractivity contribution >= 4 is 11.8 Å². The van der Waals surface area contributed by atoms with Crippen LogP contribution < -0.4 is 0 Å². The van der Waals surface area contributed by atoms with Gasteiger partial charge in [0.15, 0.2) is 0 Å². The van der Waals surface area contributed by atoms with Crippen LogP contribution in [0.4, 0.5) is 0 Å². The smallest absolute Gasteiger partial charge is 0.0998 e. The van der Waals surface area contributed by atoms with Crippen molar-refractivity contribution in [3.8, 4) is 17.2 Å². The normalized spacial score (nSPS) is 10.1. The Balaban J connectivity index is 1.74. The van der Waals surface area contributed by atoms with Gasteiger partial charge in [-0.3, -0.25) is 0 Å². The molecule has 2 aromatic carbocycles. The molecule has 0 amide bonds. The maximum Gasteiger partial charge on any atom is 0.0998 e. The Labute approximate surface area is 134 Å². The molecule has 3 aromatic rings. The van der Waals surface area contributed by atoms with Gasteiger partial charge in [-0.2, -0.15) is 5.26 Å². The van der Waals surface area contributed by atoms with Crippen molar-refractivity contribution in [2.45, 2.75) is 10.8 Å². The van der Waals surface area contributed by atoms with Gasteiger partial charge in [-0.15, -0.1) is 11.8 Å². The second-order valence-electron chi connectivity index (χ2n) is 4.81. The number of aromatic nitrogens is 1. The van der Waals surface area contributed by atoms with E-state index in [1.807, 2.05) is 48.7 Å². The van der Waals surface area contributed by atoms with Crippen molar-refractivity contribution in [2.24, 2.45) is 0 Å². The first-order valence-corrected chi connectivity index (χ1v) is 7.97. The summed E-state index contributed by atoms with van der Waals surface area (Å²) < 4.78 is 0. The minimum absolute atomic E-state index is 0.707. The van der Waals surface area contributed by atoms with Crippen LogP contribution in [0, 0.1) is 11.3 Å². The largest absolute Gasteiger partial charge is 0.250 e. The lowest BCUT2D eigenvalue weighted by Crippen LogP contribution is -1.86. The Morgan fingerprint density at radius 2 is 1.68 bits per heavy atom. The third-order valence-electron chi connectivity index (χ3n) is 3.34. The van der Waals surface area contributed by atoms with E-state index in [-0.39, 0.29) is 0 Å². The van der Waals surface area contributed by atoms with Gasteiger partial charge in [0.05, 0.1) is 16.7 Å². The fourth-order valence-electron chi connectivity index (χ4n) is 2.20. The van der Waals surface area contributed by atoms with Crippen LogP contribution in [-0.4, -0.2) is 4.98 Å². The molecule has 0 bridgehead atoms. The molecule has 0 spiro atoms. The van der Waals surface area contributed by atoms with Crippen molar-refractivity contribution < 1.29 is 0 Å². The summed E-state index contributed by atoms with van der Waals surface area (Å²) in [6.07, 6.45) is 1.81. The second-order valence-corrected chi connectivity index (χ2v) is 5.81. The molecule has 2 nitrogen and oxygen atoms in total. The van der Waals surface area contributed by atoms with E-state index in [0.29, 0.717) is 5.56 Å². The Bertz CT molecular complexity index is 790. The molecule has 106 valence electrons. The van der Waals surface area contributed by atoms with Gasteiger partial charge in [-0.05, 0) is 34.9 Å². The van der Waals surface area contributed by atoms with Crippen LogP contribution in [0.5, 0.6) is 0 Å². The molecule has 22 heavy (non-hydrogen) atoms. The van der Waals surface area contributed by atoms with Gasteiger partial charge < -0.3 is 0 Å². The second kappa shape index (κ2) is 6.93. The Morgan fingerprint density at radius 1 is 0.909 bits per heavy atom. The van der Waals surface area contributed by atoms with E-state index in [1.165, 1.54) is 5.56 Å². The maximum atomic E-state index is 9.18. The van der Waals surface area contributed by atoms with Gasteiger partial charge >= 0.3 is 0 Å². The van der Waals surface area contributed by atoms with Crippen LogP contribution in [0.3, 0.4) is 0 Å². The molecule has 0 atom stereocenters. The first kappa shape index (κ1) is 14.4. The van der Waals surface area contributed by atoms with Crippen molar-refractivity contribution in [1.82, 2.24) is 4.98 Å². The van der Waals surface area contributed by atoms with E-state index in [0.717, 1.165) is 21.9 Å². The monoisotopic (exact) mass is 302 g/mol. The number of benzene rings is 2. The summed E-state index contributed by atoms with van der Waals surface area (Å²) in [5.41, 5.74) is 4.00. The first-order chi connectivity index (χ1) is 10.9. The Kier molecular flexibility index (Phi) is 4.53. The highest BCUT2D eigenvalue weighted by Gasteiger charge is 2.04. The summed E-state index contributed by atoms with van der Waals surface area (Å²) in [7, 11) is 0. The fourth-order valence-corrected chi connectivity index (χ4v) is 3.02. The summed E-state index contributed by atoms with van der Waals surface area (Å²) in [4.78, 5) is 4.31. The molecule has 0 unspecified atom stereocenters. The van der Waals surface area contributed by atoms with Crippen LogP contribution in [0.1, 0.15) is 11.1 Å². The summed E-state index contributed by atoms with van der Waals surface area (Å²) in [6, 6.07) is 24.2. The summed E-state index contributed by atoms with van der Waals surface area (Å²) in [6.45, 7) is 0. The highest BCUT2D eigenvalue weighted by Crippen LogP contribution is 2.25. The third kappa shape index (κ3) is 3.36. The van der Waals surface area contributed by atoms with E-state index in [9.17, 15) is 5.26 Å². The molecule has 1 aromatic heterocycles. The quantitative estimate of drug-likeness (QED) is 0.642. The number of rotatable bonds is 4. The average molecular weight is 302 g/mol. The summed E-state index contributed by atoms with van der Waals surface area (Å²) in [5, 5.41) is 10.2. The Morgan fingerprint density at radius 3 is 2.41 bits per heavy atom. The van der Waals surface area contributed by atoms with Crippen LogP contribution in [0.15, 0.2) is 78.0 Å². The van der Waals surface area contributed by atoms with E-state index < -0.39 is 0 Å². The molecular weight excluding hydrogens is 288 g/mol. The first-order valence-electron chi connectivity index (χ1n) is 6.99. The molecular formula is C19H14N2S. The predicted octanol–water partition coefficient (Wildman–Crippen LogP) is 4.91. The fraction of sp³-hybridized carbons (Fsp3) is 0.0526. The topological polar surface area (TPSA) is 36.7 Å². The number of hydrogen-bond acceptors (Lipinski definition) is 3. The molecule has 0 aliphatic carbocycles. The highest BCUT2D eigenvalue weighted by atomic mass is 32.2. The van der Waals surface area contributed by atoms with Crippen LogP contribution in [-0.2, 0) is 5.75 Å². The molecule has 0 saturated carbocycles. The van der Waals surface area contributed by atoms with E-state index >= 15 is 0 Å². The summed E-state index contributed by atoms with van der Waals surface area (Å²) in [5.74, 6) is 0.886. The third-order valence-corrected chi connectivity index (χ3v) is 4.35. The van der Waals surface area contributed by atoms with Crippen molar-refractivity contribution in [1.29, 1.82) is 5.26 Å². The molecule has 0 radical (unpaired) electrons. The zero-order valence-electron chi connectivity index (χ0n) is 11.9. The number of nitrogens with zero attached hydrogens (tertiary/aromatic N) is 2. The maximum absolute atomic E-state index is 9.18. The van der Waals surface area contributed by atoms with Crippen LogP contribution in [0.25, 0.3) is 11.1 Å². The lowest BCUT2D eigenvalue weighted by atomic mass is 10.00. The summed E-state index contributed by atoms with van der Waals surface area (Å²) >= 11 is 1.72. The number of hydrogen-bond donors (Lipinski definition) is 0. The molecule has 0 N–H and O–H groups in total. The average Bonchev–Trinajstić information content (AvgIpc) is 2.61. The molecule has 0 fully saturated rings. The zero-order valence-corrected chi connectivity index (χ0v) is 12.8. The van der Waals surface area contributed by atoms with Gasteiger partial charge in [0, 0.05) is 11.9 Å². The van der Waals surface area contributed by atoms with E-state index in [1.54, 1.807) is 11.8 Å². The lowest BCUT2D eigenvalue weighted by molar-refractivity contribution is 1.13. The van der Waals surface area contributed by atoms with Gasteiger partial charge in [0.2, 0.25) is 0 Å². The van der Waals surface area contributed by atoms with Gasteiger partial charge in [-0.25, -0.2) is 4.98 Å². The molecule has 1 heterocycles. The number of pyridine rings is 1. The van der Waals surface area contributed by atoms with Gasteiger partial charge in [0.1, 0.15) is 0 Å². The molecule has 3 heteroatoms. The standard InChI is InChI=1S/C19H14N2S/c20-13-17-5-1-2-6-18(17)16-10-8-15(9-11-16)14-22-19-7-3-4-12-21-19/h1-12H,14H2. The van der Waals surface area contributed by atoms with Crippen molar-refractivity contribution in [2.75, 3.05) is 0 Å². The molecule has 0 aliphatic rings. The highest BCUT2D eigenvalue weighted by molar-refractivity contribution is 7.98. The zero-order chi connectivity index (χ0) is 15.2. The number of nitriles is 1. The minimum atomic E-state index is 0.707. The molecule has 0 aliphatic heterocycles. The SMILES string of the molecule is N#Cc1ccccc1-c1ccc(CSc2ccccn2)cc1. The van der Waals surface area contributed by atoms with Crippen LogP contribution in [0.2, 0.25) is 0 Å². The molecule has 0 saturated heterocycles. The lowest BCUT2D eigenvalue weighted by Gasteiger charge is -2.06. The Hall–Kier alpha value is -2.57. The minimum Gasteiger partial charge on any atom is -0.250 e. The van der Waals surface area contributed by atoms with Crippen molar-refractivity contribution in [3.05, 3.63) is 84.1 Å². The van der Waals surface area contributed by atoms with Crippen LogP contribution >= 0.6 is 11.8 Å². The molecule has 3 rings (SSSR count).